The molecule has 0 amide bonds. The number of nitrogen functional groups attached to an aromatic ring is 1. The number of ether oxygens (including phenoxy) is 1. The summed E-state index contributed by atoms with van der Waals surface area (Å²) in [6.45, 7) is 4.26. The van der Waals surface area contributed by atoms with Crippen molar-refractivity contribution < 1.29 is 17.5 Å². The van der Waals surface area contributed by atoms with E-state index in [1.54, 1.807) is 6.92 Å². The minimum absolute atomic E-state index is 0.119. The van der Waals surface area contributed by atoms with Crippen LogP contribution in [0.4, 0.5) is 10.1 Å². The molecule has 0 aromatic heterocycles. The smallest absolute Gasteiger partial charge is 0.242 e. The molecule has 7 heteroatoms. The third-order valence-corrected chi connectivity index (χ3v) is 3.85. The van der Waals surface area contributed by atoms with Crippen molar-refractivity contribution in [2.45, 2.75) is 24.8 Å². The number of sulfonamides is 1. The van der Waals surface area contributed by atoms with Crippen molar-refractivity contribution in [2.75, 3.05) is 18.9 Å². The van der Waals surface area contributed by atoms with Crippen LogP contribution >= 0.6 is 0 Å². The highest BCUT2D eigenvalue weighted by Gasteiger charge is 2.20. The Balaban J connectivity index is 2.86. The highest BCUT2D eigenvalue weighted by atomic mass is 32.2. The Morgan fingerprint density at radius 1 is 1.50 bits per heavy atom. The Hall–Kier alpha value is -1.18. The summed E-state index contributed by atoms with van der Waals surface area (Å²) in [5.74, 6) is -0.575. The number of nitrogens with one attached hydrogen (secondary N) is 1. The normalized spacial score (nSPS) is 13.5. The Labute approximate surface area is 106 Å². The SMILES string of the molecule is CCOCC(C)NS(=O)(=O)c1ccc(F)cc1N. The molecular weight excluding hydrogens is 259 g/mol. The molecule has 1 unspecified atom stereocenters. The summed E-state index contributed by atoms with van der Waals surface area (Å²) in [4.78, 5) is -0.132. The molecule has 0 saturated carbocycles. The molecule has 0 aliphatic rings. The van der Waals surface area contributed by atoms with Crippen LogP contribution < -0.4 is 10.5 Å². The predicted molar refractivity (Wildman–Crippen MR) is 67.1 cm³/mol. The lowest BCUT2D eigenvalue weighted by molar-refractivity contribution is 0.133. The van der Waals surface area contributed by atoms with E-state index >= 15 is 0 Å². The zero-order valence-corrected chi connectivity index (χ0v) is 11.1. The van der Waals surface area contributed by atoms with Crippen molar-refractivity contribution in [3.05, 3.63) is 24.0 Å². The van der Waals surface area contributed by atoms with Gasteiger partial charge < -0.3 is 10.5 Å². The average Bonchev–Trinajstić information content (AvgIpc) is 2.25. The van der Waals surface area contributed by atoms with Gasteiger partial charge in [0.05, 0.1) is 12.3 Å². The Kier molecular flexibility index (Phi) is 5.06. The average molecular weight is 276 g/mol. The Morgan fingerprint density at radius 3 is 2.72 bits per heavy atom. The molecule has 0 saturated heterocycles. The summed E-state index contributed by atoms with van der Waals surface area (Å²) in [5.41, 5.74) is 5.37. The first-order valence-corrected chi connectivity index (χ1v) is 7.00. The first kappa shape index (κ1) is 14.9. The number of nitrogens with two attached hydrogens (primary N) is 1. The summed E-state index contributed by atoms with van der Waals surface area (Å²) >= 11 is 0. The fourth-order valence-corrected chi connectivity index (χ4v) is 2.76. The van der Waals surface area contributed by atoms with E-state index in [9.17, 15) is 12.8 Å². The van der Waals surface area contributed by atoms with Gasteiger partial charge in [0, 0.05) is 12.6 Å². The third kappa shape index (κ3) is 3.94. The van der Waals surface area contributed by atoms with Crippen molar-refractivity contribution in [3.63, 3.8) is 0 Å². The van der Waals surface area contributed by atoms with Crippen LogP contribution in [-0.4, -0.2) is 27.7 Å². The van der Waals surface area contributed by atoms with Gasteiger partial charge in [-0.25, -0.2) is 17.5 Å². The van der Waals surface area contributed by atoms with E-state index in [0.717, 1.165) is 18.2 Å². The van der Waals surface area contributed by atoms with E-state index < -0.39 is 15.8 Å². The van der Waals surface area contributed by atoms with Gasteiger partial charge in [0.2, 0.25) is 10.0 Å². The summed E-state index contributed by atoms with van der Waals surface area (Å²) in [6.07, 6.45) is 0. The number of hydrogen-bond donors (Lipinski definition) is 2. The van der Waals surface area contributed by atoms with Gasteiger partial charge in [0.25, 0.3) is 0 Å². The summed E-state index contributed by atoms with van der Waals surface area (Å²) in [5, 5.41) is 0. The monoisotopic (exact) mass is 276 g/mol. The van der Waals surface area contributed by atoms with Gasteiger partial charge in [-0.2, -0.15) is 0 Å². The maximum Gasteiger partial charge on any atom is 0.242 e. The van der Waals surface area contributed by atoms with Crippen molar-refractivity contribution in [1.82, 2.24) is 4.72 Å². The fourth-order valence-electron chi connectivity index (χ4n) is 1.42. The van der Waals surface area contributed by atoms with Crippen LogP contribution in [-0.2, 0) is 14.8 Å². The molecule has 0 aliphatic carbocycles. The van der Waals surface area contributed by atoms with Gasteiger partial charge in [-0.05, 0) is 32.0 Å². The molecule has 1 aromatic rings. The van der Waals surface area contributed by atoms with Crippen LogP contribution in [0, 0.1) is 5.82 Å². The summed E-state index contributed by atoms with van der Waals surface area (Å²) in [6, 6.07) is 2.78. The van der Waals surface area contributed by atoms with Crippen molar-refractivity contribution in [2.24, 2.45) is 0 Å². The molecule has 0 fully saturated rings. The van der Waals surface area contributed by atoms with Gasteiger partial charge in [0.15, 0.2) is 0 Å². The quantitative estimate of drug-likeness (QED) is 0.763. The van der Waals surface area contributed by atoms with Gasteiger partial charge >= 0.3 is 0 Å². The molecule has 0 aliphatic heterocycles. The second-order valence-electron chi connectivity index (χ2n) is 3.86. The van der Waals surface area contributed by atoms with Crippen molar-refractivity contribution >= 4 is 15.7 Å². The molecule has 18 heavy (non-hydrogen) atoms. The minimum Gasteiger partial charge on any atom is -0.398 e. The maximum absolute atomic E-state index is 12.8. The van der Waals surface area contributed by atoms with Crippen LogP contribution in [0.5, 0.6) is 0 Å². The van der Waals surface area contributed by atoms with Crippen LogP contribution in [0.2, 0.25) is 0 Å². The van der Waals surface area contributed by atoms with Crippen LogP contribution in [0.25, 0.3) is 0 Å². The molecule has 5 nitrogen and oxygen atoms in total. The molecular formula is C11H17FN2O3S. The zero-order valence-electron chi connectivity index (χ0n) is 10.3. The number of benzene rings is 1. The second-order valence-corrected chi connectivity index (χ2v) is 5.55. The molecule has 0 bridgehead atoms. The Bertz CT molecular complexity index is 505. The highest BCUT2D eigenvalue weighted by molar-refractivity contribution is 7.89. The van der Waals surface area contributed by atoms with Crippen LogP contribution in [0.3, 0.4) is 0 Å². The van der Waals surface area contributed by atoms with Crippen molar-refractivity contribution in [1.29, 1.82) is 0 Å². The standard InChI is InChI=1S/C11H17FN2O3S/c1-3-17-7-8(2)14-18(15,16)11-5-4-9(12)6-10(11)13/h4-6,8,14H,3,7,13H2,1-2H3. The molecule has 0 radical (unpaired) electrons. The van der Waals surface area contributed by atoms with Crippen LogP contribution in [0.15, 0.2) is 23.1 Å². The summed E-state index contributed by atoms with van der Waals surface area (Å²) in [7, 11) is -3.76. The lowest BCUT2D eigenvalue weighted by Crippen LogP contribution is -2.36. The topological polar surface area (TPSA) is 81.4 Å². The fraction of sp³-hybridized carbons (Fsp3) is 0.455. The van der Waals surface area contributed by atoms with Gasteiger partial charge in [-0.15, -0.1) is 0 Å². The highest BCUT2D eigenvalue weighted by Crippen LogP contribution is 2.19. The predicted octanol–water partition coefficient (Wildman–Crippen LogP) is 1.11. The molecule has 102 valence electrons. The van der Waals surface area contributed by atoms with E-state index in [0.29, 0.717) is 6.61 Å². The van der Waals surface area contributed by atoms with Gasteiger partial charge in [-0.1, -0.05) is 0 Å². The van der Waals surface area contributed by atoms with E-state index in [2.05, 4.69) is 4.72 Å². The lowest BCUT2D eigenvalue weighted by atomic mass is 10.3. The first-order chi connectivity index (χ1) is 8.36. The van der Waals surface area contributed by atoms with E-state index in [1.807, 2.05) is 6.92 Å². The second kappa shape index (κ2) is 6.12. The molecule has 1 rings (SSSR count). The summed E-state index contributed by atoms with van der Waals surface area (Å²) < 4.78 is 44.3. The molecule has 1 atom stereocenters. The molecule has 3 N–H and O–H groups in total. The van der Waals surface area contributed by atoms with Gasteiger partial charge in [0.1, 0.15) is 10.7 Å². The maximum atomic E-state index is 12.8. The largest absolute Gasteiger partial charge is 0.398 e. The van der Waals surface area contributed by atoms with E-state index in [4.69, 9.17) is 10.5 Å². The zero-order chi connectivity index (χ0) is 13.8. The first-order valence-electron chi connectivity index (χ1n) is 5.52. The van der Waals surface area contributed by atoms with Crippen molar-refractivity contribution in [3.8, 4) is 0 Å². The molecule has 0 spiro atoms. The third-order valence-electron chi connectivity index (χ3n) is 2.19. The minimum atomic E-state index is -3.76. The number of anilines is 1. The van der Waals surface area contributed by atoms with Crippen LogP contribution in [0.1, 0.15) is 13.8 Å². The lowest BCUT2D eigenvalue weighted by Gasteiger charge is -2.15. The number of rotatable bonds is 6. The number of halogens is 1. The Morgan fingerprint density at radius 2 is 2.17 bits per heavy atom. The molecule has 1 aromatic carbocycles. The van der Waals surface area contributed by atoms with E-state index in [1.165, 1.54) is 0 Å². The van der Waals surface area contributed by atoms with Gasteiger partial charge in [-0.3, -0.25) is 0 Å². The van der Waals surface area contributed by atoms with E-state index in [-0.39, 0.29) is 23.2 Å². The number of hydrogen-bond acceptors (Lipinski definition) is 4. The molecule has 0 heterocycles.